The minimum Gasteiger partial charge on any atom is -0.480 e. The Bertz CT molecular complexity index is 367. The second-order valence-electron chi connectivity index (χ2n) is 6.41. The summed E-state index contributed by atoms with van der Waals surface area (Å²) in [4.78, 5) is 25.3. The van der Waals surface area contributed by atoms with E-state index in [2.05, 4.69) is 12.2 Å². The first kappa shape index (κ1) is 16.1. The fraction of sp³-hybridized carbons (Fsp3) is 0.875. The second kappa shape index (κ2) is 7.66. The number of aliphatic carboxylic acids is 1. The molecule has 2 unspecified atom stereocenters. The lowest BCUT2D eigenvalue weighted by Crippen LogP contribution is -2.55. The SMILES string of the molecule is CCC(NC(=O)N1CCCCC1C(=O)O)C1CCCCC1. The molecule has 1 heterocycles. The number of nitrogens with zero attached hydrogens (tertiary/aromatic N) is 1. The number of nitrogens with one attached hydrogen (secondary N) is 1. The Labute approximate surface area is 127 Å². The maximum absolute atomic E-state index is 12.5. The summed E-state index contributed by atoms with van der Waals surface area (Å²) in [6.07, 6.45) is 9.44. The average Bonchev–Trinajstić information content (AvgIpc) is 2.53. The van der Waals surface area contributed by atoms with Crippen LogP contribution in [0, 0.1) is 5.92 Å². The number of piperidine rings is 1. The third-order valence-electron chi connectivity index (χ3n) is 5.02. The number of amides is 2. The highest BCUT2D eigenvalue weighted by Gasteiger charge is 2.33. The zero-order chi connectivity index (χ0) is 15.2. The van der Waals surface area contributed by atoms with E-state index in [9.17, 15) is 14.7 Å². The van der Waals surface area contributed by atoms with Crippen molar-refractivity contribution < 1.29 is 14.7 Å². The molecular weight excluding hydrogens is 268 g/mol. The van der Waals surface area contributed by atoms with Gasteiger partial charge >= 0.3 is 12.0 Å². The topological polar surface area (TPSA) is 69.6 Å². The minimum absolute atomic E-state index is 0.181. The molecule has 2 atom stereocenters. The third kappa shape index (κ3) is 4.11. The van der Waals surface area contributed by atoms with Crippen molar-refractivity contribution in [2.75, 3.05) is 6.54 Å². The largest absolute Gasteiger partial charge is 0.480 e. The average molecular weight is 296 g/mol. The Morgan fingerprint density at radius 2 is 1.81 bits per heavy atom. The monoisotopic (exact) mass is 296 g/mol. The number of hydrogen-bond donors (Lipinski definition) is 2. The van der Waals surface area contributed by atoms with Gasteiger partial charge in [0.15, 0.2) is 0 Å². The summed E-state index contributed by atoms with van der Waals surface area (Å²) in [6, 6.07) is -0.642. The normalized spacial score (nSPS) is 25.4. The summed E-state index contributed by atoms with van der Waals surface area (Å²) in [5, 5.41) is 12.4. The van der Waals surface area contributed by atoms with E-state index >= 15 is 0 Å². The van der Waals surface area contributed by atoms with Crippen LogP contribution in [0.3, 0.4) is 0 Å². The Kier molecular flexibility index (Phi) is 5.88. The van der Waals surface area contributed by atoms with Gasteiger partial charge in [-0.2, -0.15) is 0 Å². The van der Waals surface area contributed by atoms with Crippen molar-refractivity contribution in [2.45, 2.75) is 76.8 Å². The predicted octanol–water partition coefficient (Wildman–Crippen LogP) is 2.99. The number of likely N-dealkylation sites (tertiary alicyclic amines) is 1. The van der Waals surface area contributed by atoms with Crippen LogP contribution in [-0.2, 0) is 4.79 Å². The van der Waals surface area contributed by atoms with Gasteiger partial charge in [0.2, 0.25) is 0 Å². The lowest BCUT2D eigenvalue weighted by molar-refractivity contribution is -0.143. The Morgan fingerprint density at radius 1 is 1.14 bits per heavy atom. The molecule has 2 fully saturated rings. The summed E-state index contributed by atoms with van der Waals surface area (Å²) in [6.45, 7) is 2.66. The highest BCUT2D eigenvalue weighted by atomic mass is 16.4. The Hall–Kier alpha value is -1.26. The van der Waals surface area contributed by atoms with Crippen LogP contribution in [0.4, 0.5) is 4.79 Å². The molecule has 0 radical (unpaired) electrons. The van der Waals surface area contributed by atoms with E-state index in [4.69, 9.17) is 0 Å². The molecule has 5 heteroatoms. The lowest BCUT2D eigenvalue weighted by Gasteiger charge is -2.36. The fourth-order valence-electron chi connectivity index (χ4n) is 3.76. The van der Waals surface area contributed by atoms with Gasteiger partial charge in [-0.15, -0.1) is 0 Å². The summed E-state index contributed by atoms with van der Waals surface area (Å²) in [7, 11) is 0. The predicted molar refractivity (Wildman–Crippen MR) is 81.2 cm³/mol. The van der Waals surface area contributed by atoms with Gasteiger partial charge in [0.25, 0.3) is 0 Å². The molecule has 1 saturated heterocycles. The van der Waals surface area contributed by atoms with Gasteiger partial charge in [0.05, 0.1) is 0 Å². The zero-order valence-corrected chi connectivity index (χ0v) is 13.0. The van der Waals surface area contributed by atoms with Crippen molar-refractivity contribution in [1.29, 1.82) is 0 Å². The van der Waals surface area contributed by atoms with Crippen LogP contribution in [0.5, 0.6) is 0 Å². The van der Waals surface area contributed by atoms with E-state index in [0.29, 0.717) is 18.9 Å². The standard InChI is InChI=1S/C16H28N2O3/c1-2-13(12-8-4-3-5-9-12)17-16(21)18-11-7-6-10-14(18)15(19)20/h12-14H,2-11H2,1H3,(H,17,21)(H,19,20). The molecular formula is C16H28N2O3. The van der Waals surface area contributed by atoms with Crippen molar-refractivity contribution in [3.05, 3.63) is 0 Å². The van der Waals surface area contributed by atoms with Crippen molar-refractivity contribution in [1.82, 2.24) is 10.2 Å². The number of carbonyl (C=O) groups is 2. The number of hydrogen-bond acceptors (Lipinski definition) is 2. The molecule has 2 aliphatic rings. The number of carboxylic acids is 1. The fourth-order valence-corrected chi connectivity index (χ4v) is 3.76. The van der Waals surface area contributed by atoms with Crippen LogP contribution < -0.4 is 5.32 Å². The molecule has 2 rings (SSSR count). The molecule has 21 heavy (non-hydrogen) atoms. The van der Waals surface area contributed by atoms with Gasteiger partial charge in [0, 0.05) is 12.6 Å². The van der Waals surface area contributed by atoms with Crippen LogP contribution in [0.25, 0.3) is 0 Å². The van der Waals surface area contributed by atoms with Crippen LogP contribution in [0.15, 0.2) is 0 Å². The van der Waals surface area contributed by atoms with Gasteiger partial charge in [-0.3, -0.25) is 0 Å². The molecule has 1 aliphatic heterocycles. The molecule has 0 spiro atoms. The van der Waals surface area contributed by atoms with Crippen LogP contribution in [0.1, 0.15) is 64.7 Å². The molecule has 0 bridgehead atoms. The van der Waals surface area contributed by atoms with Gasteiger partial charge in [-0.05, 0) is 44.4 Å². The van der Waals surface area contributed by atoms with E-state index in [0.717, 1.165) is 19.3 Å². The van der Waals surface area contributed by atoms with E-state index in [1.54, 1.807) is 0 Å². The summed E-state index contributed by atoms with van der Waals surface area (Å²) >= 11 is 0. The van der Waals surface area contributed by atoms with E-state index < -0.39 is 12.0 Å². The van der Waals surface area contributed by atoms with Crippen LogP contribution in [-0.4, -0.2) is 40.6 Å². The number of urea groups is 1. The molecule has 0 aromatic carbocycles. The summed E-state index contributed by atoms with van der Waals surface area (Å²) in [5.74, 6) is -0.323. The highest BCUT2D eigenvalue weighted by molar-refractivity contribution is 5.83. The second-order valence-corrected chi connectivity index (χ2v) is 6.41. The molecule has 1 aliphatic carbocycles. The number of carbonyl (C=O) groups excluding carboxylic acids is 1. The molecule has 5 nitrogen and oxygen atoms in total. The zero-order valence-electron chi connectivity index (χ0n) is 13.0. The van der Waals surface area contributed by atoms with Crippen molar-refractivity contribution in [3.63, 3.8) is 0 Å². The molecule has 2 amide bonds. The maximum atomic E-state index is 12.5. The van der Waals surface area contributed by atoms with E-state index in [1.165, 1.54) is 37.0 Å². The smallest absolute Gasteiger partial charge is 0.326 e. The number of rotatable bonds is 4. The molecule has 0 aromatic rings. The van der Waals surface area contributed by atoms with Crippen LogP contribution in [0.2, 0.25) is 0 Å². The van der Waals surface area contributed by atoms with Crippen molar-refractivity contribution in [2.24, 2.45) is 5.92 Å². The van der Waals surface area contributed by atoms with Gasteiger partial charge in [-0.1, -0.05) is 26.2 Å². The quantitative estimate of drug-likeness (QED) is 0.838. The first-order chi connectivity index (χ1) is 10.1. The van der Waals surface area contributed by atoms with Gasteiger partial charge in [0.1, 0.15) is 6.04 Å². The van der Waals surface area contributed by atoms with Crippen molar-refractivity contribution in [3.8, 4) is 0 Å². The first-order valence-corrected chi connectivity index (χ1v) is 8.43. The van der Waals surface area contributed by atoms with E-state index in [-0.39, 0.29) is 12.1 Å². The van der Waals surface area contributed by atoms with Gasteiger partial charge in [-0.25, -0.2) is 9.59 Å². The minimum atomic E-state index is -0.879. The summed E-state index contributed by atoms with van der Waals surface area (Å²) in [5.41, 5.74) is 0. The number of carboxylic acid groups (broad SMARTS) is 1. The molecule has 0 aromatic heterocycles. The maximum Gasteiger partial charge on any atom is 0.326 e. The Balaban J connectivity index is 1.95. The molecule has 2 N–H and O–H groups in total. The van der Waals surface area contributed by atoms with Gasteiger partial charge < -0.3 is 15.3 Å². The first-order valence-electron chi connectivity index (χ1n) is 8.43. The molecule has 120 valence electrons. The van der Waals surface area contributed by atoms with E-state index in [1.807, 2.05) is 0 Å². The Morgan fingerprint density at radius 3 is 2.43 bits per heavy atom. The highest BCUT2D eigenvalue weighted by Crippen LogP contribution is 2.28. The lowest BCUT2D eigenvalue weighted by atomic mass is 9.83. The van der Waals surface area contributed by atoms with Crippen LogP contribution >= 0.6 is 0 Å². The van der Waals surface area contributed by atoms with Crippen molar-refractivity contribution >= 4 is 12.0 Å². The summed E-state index contributed by atoms with van der Waals surface area (Å²) < 4.78 is 0. The third-order valence-corrected chi connectivity index (χ3v) is 5.02. The molecule has 1 saturated carbocycles.